The molecule has 2 N–H and O–H groups in total. The Labute approximate surface area is 111 Å². The number of rotatable bonds is 7. The molecule has 0 radical (unpaired) electrons. The molecule has 0 aliphatic heterocycles. The Kier molecular flexibility index (Phi) is 6.37. The summed E-state index contributed by atoms with van der Waals surface area (Å²) in [5.41, 5.74) is 2.72. The van der Waals surface area contributed by atoms with Gasteiger partial charge in [0.2, 0.25) is 0 Å². The van der Waals surface area contributed by atoms with Gasteiger partial charge < -0.3 is 10.4 Å². The van der Waals surface area contributed by atoms with Gasteiger partial charge in [0.1, 0.15) is 0 Å². The number of aryl methyl sites for hydroxylation is 1. The largest absolute Gasteiger partial charge is 0.396 e. The van der Waals surface area contributed by atoms with Gasteiger partial charge in [-0.25, -0.2) is 0 Å². The average molecular weight is 249 g/mol. The highest BCUT2D eigenvalue weighted by Crippen LogP contribution is 2.16. The van der Waals surface area contributed by atoms with Gasteiger partial charge in [-0.1, -0.05) is 44.5 Å². The normalized spacial score (nSPS) is 16.3. The Balaban J connectivity index is 2.58. The van der Waals surface area contributed by atoms with Crippen LogP contribution in [0.4, 0.5) is 0 Å². The van der Waals surface area contributed by atoms with E-state index >= 15 is 0 Å². The Bertz CT molecular complexity index is 333. The minimum atomic E-state index is 0.232. The van der Waals surface area contributed by atoms with Gasteiger partial charge in [-0.3, -0.25) is 0 Å². The van der Waals surface area contributed by atoms with Crippen molar-refractivity contribution in [1.82, 2.24) is 5.32 Å². The summed E-state index contributed by atoms with van der Waals surface area (Å²) in [6.45, 7) is 8.80. The van der Waals surface area contributed by atoms with E-state index in [2.05, 4.69) is 57.3 Å². The molecule has 0 saturated carbocycles. The maximum atomic E-state index is 9.14. The van der Waals surface area contributed by atoms with Gasteiger partial charge in [0, 0.05) is 18.7 Å². The lowest BCUT2D eigenvalue weighted by Crippen LogP contribution is -2.35. The molecule has 0 aliphatic carbocycles. The van der Waals surface area contributed by atoms with Crippen molar-refractivity contribution in [3.8, 4) is 0 Å². The molecule has 0 bridgehead atoms. The van der Waals surface area contributed by atoms with Crippen LogP contribution in [0.15, 0.2) is 24.3 Å². The van der Waals surface area contributed by atoms with Crippen molar-refractivity contribution in [2.24, 2.45) is 5.92 Å². The molecule has 0 saturated heterocycles. The fourth-order valence-electron chi connectivity index (χ4n) is 2.07. The Hall–Kier alpha value is -0.860. The molecule has 0 heterocycles. The predicted octanol–water partition coefficient (Wildman–Crippen LogP) is 3.31. The third-order valence-corrected chi connectivity index (χ3v) is 3.67. The lowest BCUT2D eigenvalue weighted by atomic mass is 10.0. The highest BCUT2D eigenvalue weighted by atomic mass is 16.3. The van der Waals surface area contributed by atoms with Gasteiger partial charge in [-0.05, 0) is 37.3 Å². The predicted molar refractivity (Wildman–Crippen MR) is 77.7 cm³/mol. The number of aliphatic hydroxyl groups is 1. The smallest absolute Gasteiger partial charge is 0.0471 e. The van der Waals surface area contributed by atoms with Crippen molar-refractivity contribution < 1.29 is 5.11 Å². The SMILES string of the molecule is CCCc1ccc(C(C)NC(C)C(C)CO)cc1. The van der Waals surface area contributed by atoms with E-state index in [1.807, 2.05) is 0 Å². The standard InChI is InChI=1S/C16H27NO/c1-5-6-15-7-9-16(10-8-15)14(4)17-13(3)12(2)11-18/h7-10,12-14,17-18H,5-6,11H2,1-4H3. The maximum Gasteiger partial charge on any atom is 0.0471 e. The van der Waals surface area contributed by atoms with Gasteiger partial charge in [0.05, 0.1) is 0 Å². The molecule has 0 aliphatic rings. The van der Waals surface area contributed by atoms with Crippen LogP contribution < -0.4 is 5.32 Å². The number of hydrogen-bond acceptors (Lipinski definition) is 2. The number of aliphatic hydroxyl groups excluding tert-OH is 1. The van der Waals surface area contributed by atoms with Crippen LogP contribution in [-0.4, -0.2) is 17.8 Å². The van der Waals surface area contributed by atoms with Gasteiger partial charge in [0.15, 0.2) is 0 Å². The van der Waals surface area contributed by atoms with Gasteiger partial charge in [0.25, 0.3) is 0 Å². The van der Waals surface area contributed by atoms with Crippen molar-refractivity contribution in [1.29, 1.82) is 0 Å². The second-order valence-electron chi connectivity index (χ2n) is 5.33. The van der Waals surface area contributed by atoms with E-state index in [0.717, 1.165) is 6.42 Å². The molecule has 1 rings (SSSR count). The van der Waals surface area contributed by atoms with Crippen molar-refractivity contribution in [3.63, 3.8) is 0 Å². The molecule has 1 aromatic rings. The van der Waals surface area contributed by atoms with Crippen molar-refractivity contribution >= 4 is 0 Å². The van der Waals surface area contributed by atoms with Crippen molar-refractivity contribution in [2.45, 2.75) is 52.6 Å². The van der Waals surface area contributed by atoms with Crippen LogP contribution in [0.25, 0.3) is 0 Å². The molecule has 3 atom stereocenters. The first-order valence-electron chi connectivity index (χ1n) is 7.04. The second-order valence-corrected chi connectivity index (χ2v) is 5.33. The summed E-state index contributed by atoms with van der Waals surface area (Å²) >= 11 is 0. The summed E-state index contributed by atoms with van der Waals surface area (Å²) in [5.74, 6) is 0.284. The van der Waals surface area contributed by atoms with E-state index in [4.69, 9.17) is 5.11 Å². The van der Waals surface area contributed by atoms with E-state index < -0.39 is 0 Å². The first kappa shape index (κ1) is 15.2. The van der Waals surface area contributed by atoms with E-state index in [1.165, 1.54) is 17.5 Å². The Morgan fingerprint density at radius 2 is 1.72 bits per heavy atom. The van der Waals surface area contributed by atoms with E-state index in [9.17, 15) is 0 Å². The van der Waals surface area contributed by atoms with Gasteiger partial charge in [-0.2, -0.15) is 0 Å². The topological polar surface area (TPSA) is 32.3 Å². The van der Waals surface area contributed by atoms with Crippen LogP contribution in [0, 0.1) is 5.92 Å². The number of nitrogens with one attached hydrogen (secondary N) is 1. The quantitative estimate of drug-likeness (QED) is 0.777. The van der Waals surface area contributed by atoms with Crippen molar-refractivity contribution in [2.75, 3.05) is 6.61 Å². The summed E-state index contributed by atoms with van der Waals surface area (Å²) in [5, 5.41) is 12.7. The molecule has 2 nitrogen and oxygen atoms in total. The van der Waals surface area contributed by atoms with Gasteiger partial charge in [-0.15, -0.1) is 0 Å². The number of hydrogen-bond donors (Lipinski definition) is 2. The molecule has 2 heteroatoms. The fourth-order valence-corrected chi connectivity index (χ4v) is 2.07. The molecule has 0 fully saturated rings. The van der Waals surface area contributed by atoms with Crippen LogP contribution in [0.3, 0.4) is 0 Å². The van der Waals surface area contributed by atoms with Crippen LogP contribution in [0.5, 0.6) is 0 Å². The molecule has 1 aromatic carbocycles. The lowest BCUT2D eigenvalue weighted by molar-refractivity contribution is 0.202. The van der Waals surface area contributed by atoms with E-state index in [1.54, 1.807) is 0 Å². The monoisotopic (exact) mass is 249 g/mol. The van der Waals surface area contributed by atoms with Gasteiger partial charge >= 0.3 is 0 Å². The molecule has 0 aromatic heterocycles. The summed E-state index contributed by atoms with van der Waals surface area (Å²) in [6, 6.07) is 9.50. The fraction of sp³-hybridized carbons (Fsp3) is 0.625. The number of benzene rings is 1. The molecule has 0 amide bonds. The summed E-state index contributed by atoms with van der Waals surface area (Å²) in [7, 11) is 0. The Morgan fingerprint density at radius 3 is 2.22 bits per heavy atom. The van der Waals surface area contributed by atoms with Crippen LogP contribution in [-0.2, 0) is 6.42 Å². The molecule has 102 valence electrons. The van der Waals surface area contributed by atoms with E-state index in [0.29, 0.717) is 12.1 Å². The van der Waals surface area contributed by atoms with E-state index in [-0.39, 0.29) is 12.5 Å². The molecule has 0 spiro atoms. The average Bonchev–Trinajstić information content (AvgIpc) is 2.38. The summed E-state index contributed by atoms with van der Waals surface area (Å²) in [4.78, 5) is 0. The molecular weight excluding hydrogens is 222 g/mol. The van der Waals surface area contributed by atoms with Crippen LogP contribution in [0.1, 0.15) is 51.3 Å². The summed E-state index contributed by atoms with van der Waals surface area (Å²) in [6.07, 6.45) is 2.35. The van der Waals surface area contributed by atoms with Crippen LogP contribution >= 0.6 is 0 Å². The molecule has 3 unspecified atom stereocenters. The lowest BCUT2D eigenvalue weighted by Gasteiger charge is -2.24. The highest BCUT2D eigenvalue weighted by Gasteiger charge is 2.14. The minimum absolute atomic E-state index is 0.232. The molecule has 18 heavy (non-hydrogen) atoms. The van der Waals surface area contributed by atoms with Crippen molar-refractivity contribution in [3.05, 3.63) is 35.4 Å². The zero-order chi connectivity index (χ0) is 13.5. The first-order valence-corrected chi connectivity index (χ1v) is 7.04. The van der Waals surface area contributed by atoms with Crippen LogP contribution in [0.2, 0.25) is 0 Å². The summed E-state index contributed by atoms with van der Waals surface area (Å²) < 4.78 is 0. The second kappa shape index (κ2) is 7.55. The minimum Gasteiger partial charge on any atom is -0.396 e. The zero-order valence-corrected chi connectivity index (χ0v) is 12.1. The first-order chi connectivity index (χ1) is 8.58. The maximum absolute atomic E-state index is 9.14. The third-order valence-electron chi connectivity index (χ3n) is 3.67. The Morgan fingerprint density at radius 1 is 1.11 bits per heavy atom. The third kappa shape index (κ3) is 4.43. The zero-order valence-electron chi connectivity index (χ0n) is 12.1. The molecular formula is C16H27NO. The highest BCUT2D eigenvalue weighted by molar-refractivity contribution is 5.24.